The molecule has 140 valence electrons. The maximum atomic E-state index is 15.1. The lowest BCUT2D eigenvalue weighted by Crippen LogP contribution is -2.59. The van der Waals surface area contributed by atoms with Crippen LogP contribution in [0.3, 0.4) is 0 Å². The van der Waals surface area contributed by atoms with E-state index in [1.54, 1.807) is 30.3 Å². The topological polar surface area (TPSA) is 70.7 Å². The number of rotatable bonds is 1. The van der Waals surface area contributed by atoms with Crippen molar-refractivity contribution >= 4 is 29.0 Å². The van der Waals surface area contributed by atoms with Gasteiger partial charge in [0.2, 0.25) is 0 Å². The number of nitrogens with two attached hydrogens (primary N) is 1. The third-order valence-electron chi connectivity index (χ3n) is 4.98. The van der Waals surface area contributed by atoms with Crippen molar-refractivity contribution < 1.29 is 13.6 Å². The van der Waals surface area contributed by atoms with Gasteiger partial charge in [-0.2, -0.15) is 0 Å². The second kappa shape index (κ2) is 6.49. The maximum absolute atomic E-state index is 15.1. The van der Waals surface area contributed by atoms with Gasteiger partial charge in [-0.25, -0.2) is 13.8 Å². The highest BCUT2D eigenvalue weighted by Gasteiger charge is 2.47. The monoisotopic (exact) mass is 390 g/mol. The number of nitrogens with one attached hydrogen (secondary N) is 1. The number of carbonyl (C=O) groups excluding carboxylic acids is 1. The Hall–Kier alpha value is -2.67. The first-order valence-electron chi connectivity index (χ1n) is 8.51. The largest absolute Gasteiger partial charge is 0.383 e. The van der Waals surface area contributed by atoms with E-state index in [1.165, 1.54) is 17.0 Å². The highest BCUT2D eigenvalue weighted by molar-refractivity contribution is 6.30. The number of benzene rings is 2. The number of piperidine rings is 1. The van der Waals surface area contributed by atoms with Gasteiger partial charge in [0.05, 0.1) is 12.1 Å². The molecule has 0 bridgehead atoms. The summed E-state index contributed by atoms with van der Waals surface area (Å²) in [5.74, 6) is -0.827. The molecule has 2 aliphatic rings. The van der Waals surface area contributed by atoms with Gasteiger partial charge in [-0.15, -0.1) is 0 Å². The molecule has 4 rings (SSSR count). The van der Waals surface area contributed by atoms with Crippen molar-refractivity contribution in [2.24, 2.45) is 10.7 Å². The second-order valence-corrected chi connectivity index (χ2v) is 7.12. The van der Waals surface area contributed by atoms with Crippen molar-refractivity contribution in [3.8, 4) is 0 Å². The zero-order chi connectivity index (χ0) is 19.2. The number of amidine groups is 1. The molecule has 2 aromatic rings. The Morgan fingerprint density at radius 3 is 2.74 bits per heavy atom. The van der Waals surface area contributed by atoms with Gasteiger partial charge in [0.15, 0.2) is 11.8 Å². The first-order chi connectivity index (χ1) is 12.9. The third kappa shape index (κ3) is 3.02. The first kappa shape index (κ1) is 17.7. The number of hydrogen-bond donors (Lipinski definition) is 2. The number of carbonyl (C=O) groups is 1. The number of halogens is 3. The normalized spacial score (nSPS) is 24.2. The SMILES string of the molecule is NC1=N[C@]2(CCN(C(=O)c3ccc(Cl)cc3)C[C@@H]2F)Nc2cccc(F)c21. The lowest BCUT2D eigenvalue weighted by molar-refractivity contribution is 0.0494. The van der Waals surface area contributed by atoms with E-state index in [1.807, 2.05) is 0 Å². The summed E-state index contributed by atoms with van der Waals surface area (Å²) in [5.41, 5.74) is 5.61. The van der Waals surface area contributed by atoms with Gasteiger partial charge in [-0.1, -0.05) is 17.7 Å². The summed E-state index contributed by atoms with van der Waals surface area (Å²) in [6.45, 7) is 0.145. The average Bonchev–Trinajstić information content (AvgIpc) is 2.64. The standard InChI is InChI=1S/C19H17ClF2N4O/c20-12-6-4-11(5-7-12)18(27)26-9-8-19(15(22)10-26)24-14-3-1-2-13(21)16(14)17(23)25-19/h1-7,15,24H,8-10H2,(H2,23,25)/t15-,19-/m0/s1. The highest BCUT2D eigenvalue weighted by Crippen LogP contribution is 2.36. The number of amides is 1. The summed E-state index contributed by atoms with van der Waals surface area (Å²) in [4.78, 5) is 18.3. The number of aliphatic imine (C=N–C) groups is 1. The summed E-state index contributed by atoms with van der Waals surface area (Å²) >= 11 is 5.84. The molecule has 0 aromatic heterocycles. The van der Waals surface area contributed by atoms with Crippen LogP contribution in [0.4, 0.5) is 14.5 Å². The summed E-state index contributed by atoms with van der Waals surface area (Å²) in [6.07, 6.45) is -1.29. The molecule has 3 N–H and O–H groups in total. The van der Waals surface area contributed by atoms with E-state index in [0.29, 0.717) is 16.3 Å². The smallest absolute Gasteiger partial charge is 0.253 e. The van der Waals surface area contributed by atoms with Gasteiger partial charge >= 0.3 is 0 Å². The molecule has 1 spiro atoms. The molecule has 0 saturated carbocycles. The first-order valence-corrected chi connectivity index (χ1v) is 8.89. The zero-order valence-electron chi connectivity index (χ0n) is 14.3. The lowest BCUT2D eigenvalue weighted by atomic mass is 9.91. The Labute approximate surface area is 159 Å². The molecule has 1 saturated heterocycles. The van der Waals surface area contributed by atoms with Crippen LogP contribution in [0.1, 0.15) is 22.3 Å². The molecule has 5 nitrogen and oxygen atoms in total. The van der Waals surface area contributed by atoms with E-state index < -0.39 is 17.7 Å². The fourth-order valence-corrected chi connectivity index (χ4v) is 3.67. The van der Waals surface area contributed by atoms with Crippen LogP contribution in [-0.2, 0) is 0 Å². The van der Waals surface area contributed by atoms with Gasteiger partial charge in [0.1, 0.15) is 11.7 Å². The number of hydrogen-bond acceptors (Lipinski definition) is 4. The van der Waals surface area contributed by atoms with Crippen LogP contribution < -0.4 is 11.1 Å². The number of anilines is 1. The Morgan fingerprint density at radius 2 is 2.04 bits per heavy atom. The molecule has 0 unspecified atom stereocenters. The molecule has 0 radical (unpaired) electrons. The van der Waals surface area contributed by atoms with E-state index >= 15 is 4.39 Å². The van der Waals surface area contributed by atoms with E-state index in [0.717, 1.165) is 0 Å². The minimum absolute atomic E-state index is 0.0398. The quantitative estimate of drug-likeness (QED) is 0.785. The van der Waals surface area contributed by atoms with Gasteiger partial charge in [0, 0.05) is 29.2 Å². The summed E-state index contributed by atoms with van der Waals surface area (Å²) in [7, 11) is 0. The molecule has 8 heteroatoms. The average molecular weight is 391 g/mol. The van der Waals surface area contributed by atoms with Crippen molar-refractivity contribution in [3.05, 3.63) is 64.4 Å². The van der Waals surface area contributed by atoms with Crippen molar-refractivity contribution in [1.29, 1.82) is 0 Å². The molecule has 2 aromatic carbocycles. The Morgan fingerprint density at radius 1 is 1.30 bits per heavy atom. The van der Waals surface area contributed by atoms with Crippen molar-refractivity contribution in [2.45, 2.75) is 18.3 Å². The van der Waals surface area contributed by atoms with Crippen molar-refractivity contribution in [1.82, 2.24) is 4.90 Å². The molecule has 2 atom stereocenters. The van der Waals surface area contributed by atoms with Gasteiger partial charge in [-0.05, 0) is 36.4 Å². The van der Waals surface area contributed by atoms with Gasteiger partial charge < -0.3 is 16.0 Å². The van der Waals surface area contributed by atoms with E-state index in [9.17, 15) is 9.18 Å². The molecule has 1 fully saturated rings. The highest BCUT2D eigenvalue weighted by atomic mass is 35.5. The zero-order valence-corrected chi connectivity index (χ0v) is 15.0. The summed E-state index contributed by atoms with van der Waals surface area (Å²) in [6, 6.07) is 10.9. The van der Waals surface area contributed by atoms with Crippen LogP contribution in [0.15, 0.2) is 47.5 Å². The van der Waals surface area contributed by atoms with E-state index in [-0.39, 0.29) is 36.8 Å². The molecule has 0 aliphatic carbocycles. The maximum Gasteiger partial charge on any atom is 0.253 e. The van der Waals surface area contributed by atoms with E-state index in [4.69, 9.17) is 17.3 Å². The van der Waals surface area contributed by atoms with Crippen LogP contribution in [0.25, 0.3) is 0 Å². The van der Waals surface area contributed by atoms with Crippen LogP contribution in [0, 0.1) is 5.82 Å². The molecular formula is C19H17ClF2N4O. The Balaban J connectivity index is 1.57. The number of likely N-dealkylation sites (tertiary alicyclic amines) is 1. The van der Waals surface area contributed by atoms with Crippen LogP contribution >= 0.6 is 11.6 Å². The van der Waals surface area contributed by atoms with E-state index in [2.05, 4.69) is 10.3 Å². The van der Waals surface area contributed by atoms with Gasteiger partial charge in [-0.3, -0.25) is 4.79 Å². The fraction of sp³-hybridized carbons (Fsp3) is 0.263. The van der Waals surface area contributed by atoms with Crippen molar-refractivity contribution in [3.63, 3.8) is 0 Å². The molecule has 2 aliphatic heterocycles. The van der Waals surface area contributed by atoms with Gasteiger partial charge in [0.25, 0.3) is 5.91 Å². The molecule has 1 amide bonds. The fourth-order valence-electron chi connectivity index (χ4n) is 3.54. The summed E-state index contributed by atoms with van der Waals surface area (Å²) in [5, 5.41) is 3.52. The molecule has 2 heterocycles. The third-order valence-corrected chi connectivity index (χ3v) is 5.23. The number of fused-ring (bicyclic) bond motifs is 1. The van der Waals surface area contributed by atoms with Crippen molar-refractivity contribution in [2.75, 3.05) is 18.4 Å². The predicted molar refractivity (Wildman–Crippen MR) is 100 cm³/mol. The lowest BCUT2D eigenvalue weighted by Gasteiger charge is -2.44. The van der Waals surface area contributed by atoms with Crippen LogP contribution in [0.5, 0.6) is 0 Å². The molecule has 27 heavy (non-hydrogen) atoms. The van der Waals surface area contributed by atoms with Crippen LogP contribution in [-0.4, -0.2) is 41.6 Å². The second-order valence-electron chi connectivity index (χ2n) is 6.68. The van der Waals surface area contributed by atoms with Crippen LogP contribution in [0.2, 0.25) is 5.02 Å². The molecular weight excluding hydrogens is 374 g/mol. The number of alkyl halides is 1. The minimum Gasteiger partial charge on any atom is -0.383 e. The Bertz CT molecular complexity index is 934. The minimum atomic E-state index is -1.50. The summed E-state index contributed by atoms with van der Waals surface area (Å²) < 4.78 is 29.2. The Kier molecular flexibility index (Phi) is 4.26. The predicted octanol–water partition coefficient (Wildman–Crippen LogP) is 3.19. The number of nitrogens with zero attached hydrogens (tertiary/aromatic N) is 2.